The molecule has 100 valence electrons. The van der Waals surface area contributed by atoms with E-state index < -0.39 is 6.10 Å². The van der Waals surface area contributed by atoms with E-state index in [9.17, 15) is 9.90 Å². The SMILES string of the molecule is COCC(O)CN(C)C(=O)Cc1ccc(S)cc1. The van der Waals surface area contributed by atoms with Crippen LogP contribution in [0.25, 0.3) is 0 Å². The highest BCUT2D eigenvalue weighted by atomic mass is 32.1. The number of likely N-dealkylation sites (N-methyl/N-ethyl adjacent to an activating group) is 1. The predicted molar refractivity (Wildman–Crippen MR) is 72.9 cm³/mol. The molecular weight excluding hydrogens is 250 g/mol. The van der Waals surface area contributed by atoms with Crippen LogP contribution in [0, 0.1) is 0 Å². The van der Waals surface area contributed by atoms with E-state index in [1.165, 1.54) is 12.0 Å². The van der Waals surface area contributed by atoms with Crippen LogP contribution in [0.4, 0.5) is 0 Å². The number of carbonyl (C=O) groups is 1. The summed E-state index contributed by atoms with van der Waals surface area (Å²) in [5.74, 6) is -0.0305. The molecular formula is C13H19NO3S. The van der Waals surface area contributed by atoms with Gasteiger partial charge >= 0.3 is 0 Å². The number of thiol groups is 1. The summed E-state index contributed by atoms with van der Waals surface area (Å²) < 4.78 is 4.82. The van der Waals surface area contributed by atoms with Gasteiger partial charge in [0.15, 0.2) is 0 Å². The van der Waals surface area contributed by atoms with E-state index in [2.05, 4.69) is 12.6 Å². The molecule has 5 heteroatoms. The Kier molecular flexibility index (Phi) is 6.18. The monoisotopic (exact) mass is 269 g/mol. The Hall–Kier alpha value is -1.04. The molecule has 0 aromatic heterocycles. The van der Waals surface area contributed by atoms with E-state index in [0.29, 0.717) is 6.42 Å². The largest absolute Gasteiger partial charge is 0.389 e. The molecule has 1 unspecified atom stereocenters. The molecule has 0 spiro atoms. The number of nitrogens with zero attached hydrogens (tertiary/aromatic N) is 1. The van der Waals surface area contributed by atoms with Crippen LogP contribution in [0.5, 0.6) is 0 Å². The van der Waals surface area contributed by atoms with Gasteiger partial charge in [0, 0.05) is 25.6 Å². The van der Waals surface area contributed by atoms with Crippen LogP contribution in [0.15, 0.2) is 29.2 Å². The summed E-state index contributed by atoms with van der Waals surface area (Å²) in [4.78, 5) is 14.3. The number of benzene rings is 1. The molecule has 4 nitrogen and oxygen atoms in total. The predicted octanol–water partition coefficient (Wildman–Crippen LogP) is 0.984. The number of carbonyl (C=O) groups excluding carboxylic acids is 1. The van der Waals surface area contributed by atoms with Gasteiger partial charge in [-0.15, -0.1) is 12.6 Å². The number of hydrogen-bond acceptors (Lipinski definition) is 4. The van der Waals surface area contributed by atoms with E-state index in [1.54, 1.807) is 7.05 Å². The molecule has 0 fully saturated rings. The lowest BCUT2D eigenvalue weighted by molar-refractivity contribution is -0.130. The van der Waals surface area contributed by atoms with Crippen molar-refractivity contribution in [3.8, 4) is 0 Å². The Morgan fingerprint density at radius 2 is 2.06 bits per heavy atom. The van der Waals surface area contributed by atoms with E-state index in [4.69, 9.17) is 4.74 Å². The summed E-state index contributed by atoms with van der Waals surface area (Å²) in [5.41, 5.74) is 0.936. The highest BCUT2D eigenvalue weighted by molar-refractivity contribution is 7.80. The fourth-order valence-electron chi connectivity index (χ4n) is 1.59. The van der Waals surface area contributed by atoms with Crippen molar-refractivity contribution in [2.24, 2.45) is 0 Å². The first-order valence-electron chi connectivity index (χ1n) is 5.71. The molecule has 1 atom stereocenters. The number of hydrogen-bond donors (Lipinski definition) is 2. The topological polar surface area (TPSA) is 49.8 Å². The molecule has 0 aliphatic rings. The quantitative estimate of drug-likeness (QED) is 0.757. The van der Waals surface area contributed by atoms with Crippen molar-refractivity contribution in [1.29, 1.82) is 0 Å². The van der Waals surface area contributed by atoms with Gasteiger partial charge in [-0.1, -0.05) is 12.1 Å². The second-order valence-electron chi connectivity index (χ2n) is 4.23. The van der Waals surface area contributed by atoms with Gasteiger partial charge in [-0.05, 0) is 17.7 Å². The first kappa shape index (κ1) is 15.0. The number of amides is 1. The second-order valence-corrected chi connectivity index (χ2v) is 4.74. The van der Waals surface area contributed by atoms with Crippen LogP contribution in [-0.4, -0.2) is 49.3 Å². The molecule has 0 aliphatic carbocycles. The molecule has 1 aromatic rings. The van der Waals surface area contributed by atoms with Gasteiger partial charge < -0.3 is 14.7 Å². The summed E-state index contributed by atoms with van der Waals surface area (Å²) in [5, 5.41) is 9.54. The normalized spacial score (nSPS) is 12.2. The lowest BCUT2D eigenvalue weighted by atomic mass is 10.1. The fourth-order valence-corrected chi connectivity index (χ4v) is 1.74. The van der Waals surface area contributed by atoms with Crippen molar-refractivity contribution in [1.82, 2.24) is 4.90 Å². The summed E-state index contributed by atoms with van der Waals surface area (Å²) >= 11 is 4.19. The van der Waals surface area contributed by atoms with Gasteiger partial charge in [0.05, 0.1) is 19.1 Å². The Labute approximate surface area is 113 Å². The maximum Gasteiger partial charge on any atom is 0.226 e. The standard InChI is InChI=1S/C13H19NO3S/c1-14(8-11(15)9-17-2)13(16)7-10-3-5-12(18)6-4-10/h3-6,11,15,18H,7-9H2,1-2H3. The minimum atomic E-state index is -0.649. The first-order valence-corrected chi connectivity index (χ1v) is 6.16. The third kappa shape index (κ3) is 5.08. The van der Waals surface area contributed by atoms with Gasteiger partial charge in [-0.25, -0.2) is 0 Å². The molecule has 0 aliphatic heterocycles. The summed E-state index contributed by atoms with van der Waals surface area (Å²) in [6.45, 7) is 0.503. The highest BCUT2D eigenvalue weighted by Crippen LogP contribution is 2.09. The third-order valence-electron chi connectivity index (χ3n) is 2.56. The Bertz CT molecular complexity index is 380. The summed E-state index contributed by atoms with van der Waals surface area (Å²) in [7, 11) is 3.19. The number of methoxy groups -OCH3 is 1. The zero-order valence-electron chi connectivity index (χ0n) is 10.7. The molecule has 1 aromatic carbocycles. The average molecular weight is 269 g/mol. The van der Waals surface area contributed by atoms with E-state index in [1.807, 2.05) is 24.3 Å². The summed E-state index contributed by atoms with van der Waals surface area (Å²) in [6, 6.07) is 7.45. The van der Waals surface area contributed by atoms with Crippen LogP contribution < -0.4 is 0 Å². The summed E-state index contributed by atoms with van der Waals surface area (Å²) in [6.07, 6.45) is -0.326. The first-order chi connectivity index (χ1) is 8.52. The van der Waals surface area contributed by atoms with Crippen molar-refractivity contribution in [3.63, 3.8) is 0 Å². The molecule has 0 radical (unpaired) electrons. The van der Waals surface area contributed by atoms with Crippen LogP contribution in [0.3, 0.4) is 0 Å². The lowest BCUT2D eigenvalue weighted by Crippen LogP contribution is -2.37. The Balaban J connectivity index is 2.46. The fraction of sp³-hybridized carbons (Fsp3) is 0.462. The molecule has 0 saturated heterocycles. The Morgan fingerprint density at radius 1 is 1.44 bits per heavy atom. The third-order valence-corrected chi connectivity index (χ3v) is 2.86. The smallest absolute Gasteiger partial charge is 0.226 e. The highest BCUT2D eigenvalue weighted by Gasteiger charge is 2.13. The van der Waals surface area contributed by atoms with Crippen LogP contribution in [-0.2, 0) is 16.0 Å². The van der Waals surface area contributed by atoms with Gasteiger partial charge in [-0.3, -0.25) is 4.79 Å². The van der Waals surface area contributed by atoms with Crippen molar-refractivity contribution >= 4 is 18.5 Å². The maximum absolute atomic E-state index is 11.9. The van der Waals surface area contributed by atoms with Gasteiger partial charge in [-0.2, -0.15) is 0 Å². The van der Waals surface area contributed by atoms with Gasteiger partial charge in [0.2, 0.25) is 5.91 Å². The maximum atomic E-state index is 11.9. The zero-order chi connectivity index (χ0) is 13.5. The van der Waals surface area contributed by atoms with Gasteiger partial charge in [0.1, 0.15) is 0 Å². The molecule has 0 heterocycles. The number of aliphatic hydroxyl groups excluding tert-OH is 1. The Morgan fingerprint density at radius 3 is 2.61 bits per heavy atom. The molecule has 1 N–H and O–H groups in total. The van der Waals surface area contributed by atoms with Crippen molar-refractivity contribution in [2.45, 2.75) is 17.4 Å². The molecule has 0 bridgehead atoms. The average Bonchev–Trinajstić information content (AvgIpc) is 2.32. The van der Waals surface area contributed by atoms with Crippen LogP contribution in [0.1, 0.15) is 5.56 Å². The van der Waals surface area contributed by atoms with E-state index in [0.717, 1.165) is 10.5 Å². The number of ether oxygens (including phenoxy) is 1. The molecule has 18 heavy (non-hydrogen) atoms. The molecule has 1 amide bonds. The van der Waals surface area contributed by atoms with Crippen molar-refractivity contribution < 1.29 is 14.6 Å². The molecule has 0 saturated carbocycles. The minimum absolute atomic E-state index is 0.0305. The minimum Gasteiger partial charge on any atom is -0.389 e. The lowest BCUT2D eigenvalue weighted by Gasteiger charge is -2.20. The van der Waals surface area contributed by atoms with Crippen LogP contribution in [0.2, 0.25) is 0 Å². The molecule has 1 rings (SSSR count). The van der Waals surface area contributed by atoms with Gasteiger partial charge in [0.25, 0.3) is 0 Å². The van der Waals surface area contributed by atoms with E-state index in [-0.39, 0.29) is 19.1 Å². The van der Waals surface area contributed by atoms with Crippen molar-refractivity contribution in [3.05, 3.63) is 29.8 Å². The van der Waals surface area contributed by atoms with Crippen LogP contribution >= 0.6 is 12.6 Å². The van der Waals surface area contributed by atoms with Crippen molar-refractivity contribution in [2.75, 3.05) is 27.3 Å². The van der Waals surface area contributed by atoms with E-state index >= 15 is 0 Å². The number of rotatable bonds is 6. The zero-order valence-corrected chi connectivity index (χ0v) is 11.6. The number of aliphatic hydroxyl groups is 1. The second kappa shape index (κ2) is 7.41.